The van der Waals surface area contributed by atoms with Gasteiger partial charge < -0.3 is 13.4 Å². The predicted octanol–water partition coefficient (Wildman–Crippen LogP) is 15.8. The highest BCUT2D eigenvalue weighted by Crippen LogP contribution is 2.46. The Hall–Kier alpha value is -7.40. The van der Waals surface area contributed by atoms with Crippen molar-refractivity contribution in [1.82, 2.24) is 4.57 Å². The number of nitrogens with zero attached hydrogens (tertiary/aromatic N) is 1. The van der Waals surface area contributed by atoms with Crippen LogP contribution in [0.5, 0.6) is 0 Å². The molecule has 1 unspecified atom stereocenters. The van der Waals surface area contributed by atoms with Crippen molar-refractivity contribution in [2.45, 2.75) is 5.92 Å². The molecule has 276 valence electrons. The molecule has 0 aliphatic heterocycles. The summed E-state index contributed by atoms with van der Waals surface area (Å²) < 4.78 is 18.4. The van der Waals surface area contributed by atoms with Gasteiger partial charge in [-0.15, -0.1) is 11.3 Å². The van der Waals surface area contributed by atoms with Crippen molar-refractivity contribution in [2.75, 3.05) is 0 Å². The van der Waals surface area contributed by atoms with Gasteiger partial charge in [0, 0.05) is 69.7 Å². The summed E-state index contributed by atoms with van der Waals surface area (Å²) >= 11 is 1.85. The molecule has 3 nitrogen and oxygen atoms in total. The molecule has 0 saturated carbocycles. The topological polar surface area (TPSA) is 31.2 Å². The van der Waals surface area contributed by atoms with Crippen LogP contribution in [-0.2, 0) is 0 Å². The molecule has 4 heteroatoms. The van der Waals surface area contributed by atoms with Crippen LogP contribution >= 0.6 is 11.3 Å². The van der Waals surface area contributed by atoms with E-state index in [1.165, 1.54) is 58.7 Å². The lowest BCUT2D eigenvalue weighted by molar-refractivity contribution is 0.668. The van der Waals surface area contributed by atoms with Crippen molar-refractivity contribution >= 4 is 97.2 Å². The van der Waals surface area contributed by atoms with Gasteiger partial charge in [-0.25, -0.2) is 0 Å². The van der Waals surface area contributed by atoms with Crippen LogP contribution in [0, 0.1) is 0 Å². The van der Waals surface area contributed by atoms with Crippen LogP contribution in [0.2, 0.25) is 0 Å². The fraction of sp³-hybridized carbons (Fsp3) is 0.0182. The normalized spacial score (nSPS) is 12.7. The lowest BCUT2D eigenvalue weighted by Gasteiger charge is -2.22. The minimum Gasteiger partial charge on any atom is -0.456 e. The largest absolute Gasteiger partial charge is 0.456 e. The molecule has 13 rings (SSSR count). The predicted molar refractivity (Wildman–Crippen MR) is 247 cm³/mol. The highest BCUT2D eigenvalue weighted by atomic mass is 32.1. The molecule has 0 radical (unpaired) electrons. The Morgan fingerprint density at radius 3 is 2.00 bits per heavy atom. The van der Waals surface area contributed by atoms with Gasteiger partial charge in [0.2, 0.25) is 0 Å². The summed E-state index contributed by atoms with van der Waals surface area (Å²) in [5.74, 6) is -0.133. The van der Waals surface area contributed by atoms with Crippen LogP contribution in [0.3, 0.4) is 0 Å². The Morgan fingerprint density at radius 1 is 0.407 bits per heavy atom. The van der Waals surface area contributed by atoms with E-state index in [1.807, 2.05) is 17.4 Å². The monoisotopic (exact) mass is 771 g/mol. The van der Waals surface area contributed by atoms with E-state index in [0.717, 1.165) is 60.7 Å². The lowest BCUT2D eigenvalue weighted by Crippen LogP contribution is -2.06. The summed E-state index contributed by atoms with van der Waals surface area (Å²) in [6.07, 6.45) is 0. The van der Waals surface area contributed by atoms with Gasteiger partial charge in [-0.05, 0) is 76.9 Å². The standard InChI is InChI=1S/C55H33NO2S/c1-2-13-35(14-3-1)56-46-23-7-4-15-36(46)40-19-10-22-44(54(40)56)52(33-28-30-48-45(31-33)37-16-5-8-24-47(37)57-48)34-27-29-38-41-20-11-21-42(55(41)58-49(38)32-34)39-18-12-26-51-53(39)43-17-6-9-25-50(43)59-51/h1-32,52H. The Labute approximate surface area is 342 Å². The first kappa shape index (κ1) is 32.7. The third-order valence-electron chi connectivity index (χ3n) is 12.3. The van der Waals surface area contributed by atoms with Crippen LogP contribution in [0.25, 0.3) is 103 Å². The SMILES string of the molecule is c1ccc(-n2c3ccccc3c3cccc(C(c4ccc5c(c4)oc4c(-c6cccc7sc8ccccc8c67)cccc45)c4ccc5oc6ccccc6c5c4)c32)cc1. The van der Waals surface area contributed by atoms with Gasteiger partial charge in [0.25, 0.3) is 0 Å². The molecule has 0 spiro atoms. The second-order valence-corrected chi connectivity index (χ2v) is 16.6. The van der Waals surface area contributed by atoms with Crippen LogP contribution < -0.4 is 0 Å². The van der Waals surface area contributed by atoms with Gasteiger partial charge in [-0.3, -0.25) is 0 Å². The lowest BCUT2D eigenvalue weighted by atomic mass is 9.83. The maximum absolute atomic E-state index is 7.07. The summed E-state index contributed by atoms with van der Waals surface area (Å²) in [5, 5.41) is 9.49. The van der Waals surface area contributed by atoms with E-state index in [4.69, 9.17) is 8.83 Å². The molecule has 0 aliphatic rings. The molecule has 13 aromatic rings. The van der Waals surface area contributed by atoms with Gasteiger partial charge >= 0.3 is 0 Å². The summed E-state index contributed by atoms with van der Waals surface area (Å²) in [4.78, 5) is 0. The van der Waals surface area contributed by atoms with E-state index in [0.29, 0.717) is 0 Å². The first-order valence-electron chi connectivity index (χ1n) is 20.1. The van der Waals surface area contributed by atoms with E-state index in [2.05, 4.69) is 193 Å². The number of hydrogen-bond donors (Lipinski definition) is 0. The molecule has 0 aliphatic carbocycles. The van der Waals surface area contributed by atoms with Crippen LogP contribution in [0.15, 0.2) is 203 Å². The molecule has 0 bridgehead atoms. The van der Waals surface area contributed by atoms with Crippen LogP contribution in [0.4, 0.5) is 0 Å². The fourth-order valence-electron chi connectivity index (χ4n) is 9.80. The molecule has 0 fully saturated rings. The number of hydrogen-bond acceptors (Lipinski definition) is 3. The number of fused-ring (bicyclic) bond motifs is 12. The summed E-state index contributed by atoms with van der Waals surface area (Å²) in [6.45, 7) is 0. The maximum Gasteiger partial charge on any atom is 0.143 e. The van der Waals surface area contributed by atoms with Crippen molar-refractivity contribution in [3.05, 3.63) is 211 Å². The smallest absolute Gasteiger partial charge is 0.143 e. The van der Waals surface area contributed by atoms with Crippen LogP contribution in [-0.4, -0.2) is 4.57 Å². The van der Waals surface area contributed by atoms with Gasteiger partial charge in [0.05, 0.1) is 11.0 Å². The first-order chi connectivity index (χ1) is 29.3. The van der Waals surface area contributed by atoms with Crippen LogP contribution in [0.1, 0.15) is 22.6 Å². The summed E-state index contributed by atoms with van der Waals surface area (Å²) in [7, 11) is 0. The van der Waals surface area contributed by atoms with Gasteiger partial charge in [-0.2, -0.15) is 0 Å². The minimum absolute atomic E-state index is 0.133. The molecule has 9 aromatic carbocycles. The van der Waals surface area contributed by atoms with E-state index in [1.54, 1.807) is 0 Å². The Morgan fingerprint density at radius 2 is 1.07 bits per heavy atom. The van der Waals surface area contributed by atoms with Gasteiger partial charge in [-0.1, -0.05) is 140 Å². The molecule has 0 amide bonds. The average molecular weight is 772 g/mol. The average Bonchev–Trinajstić information content (AvgIpc) is 4.06. The van der Waals surface area contributed by atoms with E-state index >= 15 is 0 Å². The molecule has 1 atom stereocenters. The first-order valence-corrected chi connectivity index (χ1v) is 20.9. The van der Waals surface area contributed by atoms with Crippen molar-refractivity contribution in [3.63, 3.8) is 0 Å². The zero-order valence-corrected chi connectivity index (χ0v) is 32.5. The summed E-state index contributed by atoms with van der Waals surface area (Å²) in [5.41, 5.74) is 13.0. The highest BCUT2D eigenvalue weighted by Gasteiger charge is 2.26. The van der Waals surface area contributed by atoms with E-state index in [9.17, 15) is 0 Å². The van der Waals surface area contributed by atoms with Crippen molar-refractivity contribution in [2.24, 2.45) is 0 Å². The third kappa shape index (κ3) is 4.81. The second kappa shape index (κ2) is 12.5. The van der Waals surface area contributed by atoms with Gasteiger partial charge in [0.1, 0.15) is 22.3 Å². The van der Waals surface area contributed by atoms with E-state index in [-0.39, 0.29) is 5.92 Å². The molecular weight excluding hydrogens is 739 g/mol. The Balaban J connectivity index is 1.08. The molecule has 4 aromatic heterocycles. The third-order valence-corrected chi connectivity index (χ3v) is 13.5. The minimum atomic E-state index is -0.133. The quantitative estimate of drug-likeness (QED) is 0.163. The molecule has 0 N–H and O–H groups in total. The molecule has 59 heavy (non-hydrogen) atoms. The fourth-order valence-corrected chi connectivity index (χ4v) is 10.9. The number of para-hydroxylation sites is 5. The Kier molecular flexibility index (Phi) is 6.95. The second-order valence-electron chi connectivity index (χ2n) is 15.5. The number of aromatic nitrogens is 1. The number of thiophene rings is 1. The number of furan rings is 2. The maximum atomic E-state index is 7.07. The molecule has 4 heterocycles. The zero-order valence-electron chi connectivity index (χ0n) is 31.7. The molecule has 0 saturated heterocycles. The van der Waals surface area contributed by atoms with Crippen molar-refractivity contribution < 1.29 is 8.83 Å². The van der Waals surface area contributed by atoms with Crippen molar-refractivity contribution in [3.8, 4) is 16.8 Å². The summed E-state index contributed by atoms with van der Waals surface area (Å²) in [6, 6.07) is 70.2. The Bertz CT molecular complexity index is 3810. The highest BCUT2D eigenvalue weighted by molar-refractivity contribution is 7.25. The number of benzene rings is 9. The van der Waals surface area contributed by atoms with Crippen molar-refractivity contribution in [1.29, 1.82) is 0 Å². The zero-order chi connectivity index (χ0) is 38.6. The molecular formula is C55H33NO2S. The number of rotatable bonds is 5. The van der Waals surface area contributed by atoms with Gasteiger partial charge in [0.15, 0.2) is 0 Å². The van der Waals surface area contributed by atoms with E-state index < -0.39 is 0 Å².